The van der Waals surface area contributed by atoms with Crippen LogP contribution in [0.25, 0.3) is 0 Å². The van der Waals surface area contributed by atoms with Crippen LogP contribution in [0.3, 0.4) is 0 Å². The predicted octanol–water partition coefficient (Wildman–Crippen LogP) is 3.84. The molecule has 0 aliphatic heterocycles. The van der Waals surface area contributed by atoms with E-state index in [1.807, 2.05) is 0 Å². The summed E-state index contributed by atoms with van der Waals surface area (Å²) in [6, 6.07) is 0. The SMILES string of the molecule is CCCCC(CC)C[P+](O)(O)CCCC.[Nd]. The molecule has 0 bridgehead atoms. The van der Waals surface area contributed by atoms with Crippen molar-refractivity contribution in [3.05, 3.63) is 0 Å². The second-order valence-corrected chi connectivity index (χ2v) is 7.12. The number of rotatable bonds is 9. The van der Waals surface area contributed by atoms with Crippen LogP contribution in [0, 0.1) is 46.8 Å². The maximum absolute atomic E-state index is 9.91. The van der Waals surface area contributed by atoms with Gasteiger partial charge in [0, 0.05) is 40.8 Å². The van der Waals surface area contributed by atoms with Gasteiger partial charge in [-0.3, -0.25) is 0 Å². The third kappa shape index (κ3) is 10.8. The van der Waals surface area contributed by atoms with Crippen molar-refractivity contribution in [2.75, 3.05) is 12.3 Å². The topological polar surface area (TPSA) is 40.5 Å². The van der Waals surface area contributed by atoms with Crippen molar-refractivity contribution >= 4 is 7.72 Å². The summed E-state index contributed by atoms with van der Waals surface area (Å²) in [5, 5.41) is 0. The van der Waals surface area contributed by atoms with Gasteiger partial charge in [0.15, 0.2) is 0 Å². The van der Waals surface area contributed by atoms with E-state index in [1.54, 1.807) is 0 Å². The Kier molecular flexibility index (Phi) is 14.7. The van der Waals surface area contributed by atoms with Crippen molar-refractivity contribution in [3.8, 4) is 0 Å². The largest absolute Gasteiger partial charge is 0.268 e. The molecule has 0 heterocycles. The number of hydrogen-bond donors (Lipinski definition) is 2. The van der Waals surface area contributed by atoms with Gasteiger partial charge >= 0.3 is 0 Å². The van der Waals surface area contributed by atoms with Gasteiger partial charge in [-0.05, 0) is 25.2 Å². The van der Waals surface area contributed by atoms with E-state index in [9.17, 15) is 9.79 Å². The minimum atomic E-state index is -2.57. The van der Waals surface area contributed by atoms with Gasteiger partial charge in [0.05, 0.1) is 0 Å². The van der Waals surface area contributed by atoms with Crippen molar-refractivity contribution in [2.45, 2.75) is 59.3 Å². The van der Waals surface area contributed by atoms with Gasteiger partial charge in [0.2, 0.25) is 0 Å². The fraction of sp³-hybridized carbons (Fsp3) is 1.00. The molecule has 96 valence electrons. The summed E-state index contributed by atoms with van der Waals surface area (Å²) in [7, 11) is -2.57. The zero-order chi connectivity index (χ0) is 11.7. The van der Waals surface area contributed by atoms with E-state index in [0.717, 1.165) is 25.7 Å². The monoisotopic (exact) mass is 377 g/mol. The molecule has 0 aliphatic rings. The summed E-state index contributed by atoms with van der Waals surface area (Å²) in [4.78, 5) is 19.8. The molecule has 1 unspecified atom stereocenters. The Morgan fingerprint density at radius 2 is 1.56 bits per heavy atom. The van der Waals surface area contributed by atoms with E-state index in [0.29, 0.717) is 18.2 Å². The average Bonchev–Trinajstić information content (AvgIpc) is 2.21. The molecule has 0 aromatic rings. The molecule has 0 fully saturated rings. The summed E-state index contributed by atoms with van der Waals surface area (Å²) < 4.78 is 0. The summed E-state index contributed by atoms with van der Waals surface area (Å²) in [5.41, 5.74) is 0. The van der Waals surface area contributed by atoms with E-state index >= 15 is 0 Å². The van der Waals surface area contributed by atoms with Gasteiger partial charge in [0.25, 0.3) is 7.72 Å². The molecular formula is C12H28NdO2P+. The van der Waals surface area contributed by atoms with Crippen molar-refractivity contribution in [2.24, 2.45) is 5.92 Å². The molecule has 2 nitrogen and oxygen atoms in total. The van der Waals surface area contributed by atoms with Crippen LogP contribution in [0.1, 0.15) is 59.3 Å². The fourth-order valence-electron chi connectivity index (χ4n) is 1.83. The smallest absolute Gasteiger partial charge is 0.220 e. The first-order chi connectivity index (χ1) is 7.05. The van der Waals surface area contributed by atoms with Crippen molar-refractivity contribution in [3.63, 3.8) is 0 Å². The summed E-state index contributed by atoms with van der Waals surface area (Å²) >= 11 is 0. The molecule has 0 aromatic heterocycles. The Morgan fingerprint density at radius 3 is 2.00 bits per heavy atom. The molecule has 0 aliphatic carbocycles. The number of unbranched alkanes of at least 4 members (excludes halogenated alkanes) is 2. The standard InChI is InChI=1S/C12H28O2P.Nd/c1-4-7-9-12(6-3)11-15(13,14)10-8-5-2;/h12-14H,4-11H2,1-3H3;/q+1;. The Hall–Kier alpha value is 1.70. The number of hydrogen-bond acceptors (Lipinski definition) is 2. The first-order valence-electron chi connectivity index (χ1n) is 6.38. The van der Waals surface area contributed by atoms with E-state index in [2.05, 4.69) is 20.8 Å². The van der Waals surface area contributed by atoms with E-state index in [1.165, 1.54) is 12.8 Å². The van der Waals surface area contributed by atoms with Gasteiger partial charge in [-0.25, -0.2) is 9.79 Å². The average molecular weight is 380 g/mol. The first kappa shape index (κ1) is 20.0. The van der Waals surface area contributed by atoms with Crippen LogP contribution in [-0.2, 0) is 0 Å². The summed E-state index contributed by atoms with van der Waals surface area (Å²) in [6.45, 7) is 6.43. The molecule has 0 radical (unpaired) electrons. The van der Waals surface area contributed by atoms with Gasteiger partial charge in [-0.1, -0.05) is 40.0 Å². The normalized spacial score (nSPS) is 13.3. The van der Waals surface area contributed by atoms with Crippen LogP contribution in [0.4, 0.5) is 0 Å². The van der Waals surface area contributed by atoms with E-state index < -0.39 is 7.72 Å². The van der Waals surface area contributed by atoms with Crippen LogP contribution in [0.5, 0.6) is 0 Å². The molecule has 4 heteroatoms. The Bertz CT molecular complexity index is 154. The van der Waals surface area contributed by atoms with Gasteiger partial charge in [-0.2, -0.15) is 0 Å². The first-order valence-corrected chi connectivity index (χ1v) is 8.44. The van der Waals surface area contributed by atoms with Gasteiger partial charge in [-0.15, -0.1) is 0 Å². The van der Waals surface area contributed by atoms with Gasteiger partial charge < -0.3 is 0 Å². The molecular weight excluding hydrogens is 351 g/mol. The third-order valence-electron chi connectivity index (χ3n) is 2.96. The molecule has 0 saturated heterocycles. The van der Waals surface area contributed by atoms with Crippen molar-refractivity contribution in [1.82, 2.24) is 0 Å². The second kappa shape index (κ2) is 11.8. The van der Waals surface area contributed by atoms with Crippen LogP contribution in [0.2, 0.25) is 0 Å². The molecule has 1 atom stereocenters. The summed E-state index contributed by atoms with van der Waals surface area (Å²) in [5.74, 6) is 0.519. The Morgan fingerprint density at radius 1 is 1.00 bits per heavy atom. The van der Waals surface area contributed by atoms with E-state index in [4.69, 9.17) is 0 Å². The quantitative estimate of drug-likeness (QED) is 0.598. The molecule has 0 spiro atoms. The van der Waals surface area contributed by atoms with Crippen molar-refractivity contribution in [1.29, 1.82) is 0 Å². The van der Waals surface area contributed by atoms with Crippen LogP contribution in [0.15, 0.2) is 0 Å². The second-order valence-electron chi connectivity index (χ2n) is 4.55. The molecule has 2 N–H and O–H groups in total. The minimum absolute atomic E-state index is 0. The van der Waals surface area contributed by atoms with Crippen molar-refractivity contribution < 1.29 is 50.6 Å². The van der Waals surface area contributed by atoms with E-state index in [-0.39, 0.29) is 40.8 Å². The fourth-order valence-corrected chi connectivity index (χ4v) is 4.11. The zero-order valence-electron chi connectivity index (χ0n) is 11.1. The Labute approximate surface area is 135 Å². The molecule has 16 heavy (non-hydrogen) atoms. The zero-order valence-corrected chi connectivity index (χ0v) is 15.2. The maximum atomic E-state index is 9.91. The van der Waals surface area contributed by atoms with Crippen LogP contribution < -0.4 is 0 Å². The summed E-state index contributed by atoms with van der Waals surface area (Å²) in [6.07, 6.45) is 7.94. The third-order valence-corrected chi connectivity index (χ3v) is 5.10. The van der Waals surface area contributed by atoms with Crippen LogP contribution >= 0.6 is 7.72 Å². The molecule has 0 aromatic carbocycles. The minimum Gasteiger partial charge on any atom is -0.220 e. The Balaban J connectivity index is 0. The molecule has 0 saturated carbocycles. The van der Waals surface area contributed by atoms with Gasteiger partial charge in [0.1, 0.15) is 12.3 Å². The molecule has 0 rings (SSSR count). The molecule has 0 amide bonds. The van der Waals surface area contributed by atoms with Crippen LogP contribution in [-0.4, -0.2) is 22.1 Å². The maximum Gasteiger partial charge on any atom is 0.268 e. The predicted molar refractivity (Wildman–Crippen MR) is 69.3 cm³/mol.